The Balaban J connectivity index is 2.56. The van der Waals surface area contributed by atoms with Crippen LogP contribution in [0, 0.1) is 11.3 Å². The normalized spacial score (nSPS) is 14.1. The van der Waals surface area contributed by atoms with Crippen molar-refractivity contribution in [2.45, 2.75) is 64.4 Å². The zero-order chi connectivity index (χ0) is 22.4. The summed E-state index contributed by atoms with van der Waals surface area (Å²) < 4.78 is 11.6. The SMILES string of the molecule is CCCC/C=C\CCOC(=O)Nc1ccn(C(C)O[C@H](CO)[C@@H](O)CC#N)c(=O)n1. The summed E-state index contributed by atoms with van der Waals surface area (Å²) in [6, 6.07) is 3.18. The van der Waals surface area contributed by atoms with Crippen LogP contribution >= 0.6 is 0 Å². The van der Waals surface area contributed by atoms with E-state index in [2.05, 4.69) is 23.3 Å². The van der Waals surface area contributed by atoms with Gasteiger partial charge in [-0.3, -0.25) is 9.88 Å². The topological polar surface area (TPSA) is 147 Å². The van der Waals surface area contributed by atoms with Gasteiger partial charge in [-0.25, -0.2) is 9.59 Å². The molecule has 1 heterocycles. The first-order chi connectivity index (χ1) is 14.4. The van der Waals surface area contributed by atoms with Crippen molar-refractivity contribution in [2.75, 3.05) is 18.5 Å². The van der Waals surface area contributed by atoms with Crippen LogP contribution in [-0.2, 0) is 9.47 Å². The Hall–Kier alpha value is -2.74. The minimum atomic E-state index is -1.19. The minimum Gasteiger partial charge on any atom is -0.449 e. The van der Waals surface area contributed by atoms with E-state index in [0.29, 0.717) is 6.42 Å². The molecule has 1 amide bonds. The maximum Gasteiger partial charge on any atom is 0.412 e. The maximum atomic E-state index is 12.2. The molecule has 0 fully saturated rings. The number of unbranched alkanes of at least 4 members (excludes halogenated alkanes) is 2. The van der Waals surface area contributed by atoms with Gasteiger partial charge in [-0.15, -0.1) is 0 Å². The molecule has 0 saturated carbocycles. The lowest BCUT2D eigenvalue weighted by Crippen LogP contribution is -2.37. The number of aromatic nitrogens is 2. The van der Waals surface area contributed by atoms with Gasteiger partial charge in [0.25, 0.3) is 0 Å². The number of aliphatic hydroxyl groups excluding tert-OH is 2. The number of carbonyl (C=O) groups excluding carboxylic acids is 1. The van der Waals surface area contributed by atoms with Crippen LogP contribution in [0.1, 0.15) is 52.2 Å². The third kappa shape index (κ3) is 9.17. The molecule has 0 saturated heterocycles. The Kier molecular flexibility index (Phi) is 12.0. The van der Waals surface area contributed by atoms with E-state index < -0.39 is 36.8 Å². The van der Waals surface area contributed by atoms with Crippen LogP contribution in [-0.4, -0.2) is 51.3 Å². The van der Waals surface area contributed by atoms with Gasteiger partial charge in [0.1, 0.15) is 18.1 Å². The summed E-state index contributed by atoms with van der Waals surface area (Å²) in [5.41, 5.74) is -0.703. The van der Waals surface area contributed by atoms with Crippen LogP contribution in [0.2, 0.25) is 0 Å². The first-order valence-corrected chi connectivity index (χ1v) is 9.92. The van der Waals surface area contributed by atoms with Crippen molar-refractivity contribution >= 4 is 11.9 Å². The Labute approximate surface area is 175 Å². The number of nitriles is 1. The number of amides is 1. The van der Waals surface area contributed by atoms with Crippen molar-refractivity contribution in [1.82, 2.24) is 9.55 Å². The van der Waals surface area contributed by atoms with Gasteiger partial charge in [0.15, 0.2) is 0 Å². The standard InChI is InChI=1S/C20H30N4O6/c1-3-4-5-6-7-8-13-29-20(28)23-18-10-12-24(19(27)22-18)15(2)30-17(14-25)16(26)9-11-21/h6-7,10,12,15-17,25-26H,3-5,8-9,13-14H2,1-2H3,(H,22,23,27,28)/b7-6-/t15?,16-,17+/m0/s1. The zero-order valence-electron chi connectivity index (χ0n) is 17.4. The van der Waals surface area contributed by atoms with E-state index in [-0.39, 0.29) is 18.8 Å². The van der Waals surface area contributed by atoms with E-state index in [9.17, 15) is 19.8 Å². The minimum absolute atomic E-state index is 0.0233. The first-order valence-electron chi connectivity index (χ1n) is 9.92. The Bertz CT molecular complexity index is 773. The molecule has 1 aromatic rings. The molecule has 0 aliphatic rings. The van der Waals surface area contributed by atoms with Gasteiger partial charge >= 0.3 is 11.8 Å². The number of anilines is 1. The highest BCUT2D eigenvalue weighted by molar-refractivity contribution is 5.83. The second-order valence-electron chi connectivity index (χ2n) is 6.55. The van der Waals surface area contributed by atoms with Gasteiger partial charge < -0.3 is 19.7 Å². The van der Waals surface area contributed by atoms with Gasteiger partial charge in [0.2, 0.25) is 0 Å². The molecule has 30 heavy (non-hydrogen) atoms. The molecule has 1 aromatic heterocycles. The van der Waals surface area contributed by atoms with Crippen LogP contribution in [0.25, 0.3) is 0 Å². The van der Waals surface area contributed by atoms with Crippen molar-refractivity contribution in [1.29, 1.82) is 5.26 Å². The van der Waals surface area contributed by atoms with Crippen LogP contribution < -0.4 is 11.0 Å². The summed E-state index contributed by atoms with van der Waals surface area (Å²) in [6.45, 7) is 3.34. The number of rotatable bonds is 13. The second-order valence-corrected chi connectivity index (χ2v) is 6.55. The molecule has 0 aliphatic heterocycles. The quantitative estimate of drug-likeness (QED) is 0.323. The van der Waals surface area contributed by atoms with Crippen LogP contribution in [0.15, 0.2) is 29.2 Å². The molecule has 166 valence electrons. The van der Waals surface area contributed by atoms with Crippen LogP contribution in [0.4, 0.5) is 10.6 Å². The predicted molar refractivity (Wildman–Crippen MR) is 110 cm³/mol. The molecule has 0 aromatic carbocycles. The highest BCUT2D eigenvalue weighted by atomic mass is 16.5. The number of nitrogens with zero attached hydrogens (tertiary/aromatic N) is 3. The number of carbonyl (C=O) groups is 1. The van der Waals surface area contributed by atoms with E-state index in [1.165, 1.54) is 19.2 Å². The molecule has 10 nitrogen and oxygen atoms in total. The van der Waals surface area contributed by atoms with Gasteiger partial charge in [0.05, 0.1) is 31.8 Å². The fourth-order valence-corrected chi connectivity index (χ4v) is 2.48. The van der Waals surface area contributed by atoms with Gasteiger partial charge in [-0.1, -0.05) is 31.9 Å². The summed E-state index contributed by atoms with van der Waals surface area (Å²) >= 11 is 0. The lowest BCUT2D eigenvalue weighted by Gasteiger charge is -2.24. The average molecular weight is 422 g/mol. The predicted octanol–water partition coefficient (Wildman–Crippen LogP) is 2.10. The number of aliphatic hydroxyl groups is 2. The van der Waals surface area contributed by atoms with Gasteiger partial charge in [-0.05, 0) is 25.8 Å². The van der Waals surface area contributed by atoms with E-state index in [1.807, 2.05) is 6.08 Å². The number of allylic oxidation sites excluding steroid dienone is 1. The summed E-state index contributed by atoms with van der Waals surface area (Å²) in [5.74, 6) is 0.0233. The molecule has 3 atom stereocenters. The number of hydrogen-bond donors (Lipinski definition) is 3. The zero-order valence-corrected chi connectivity index (χ0v) is 17.4. The Morgan fingerprint density at radius 3 is 2.80 bits per heavy atom. The van der Waals surface area contributed by atoms with Gasteiger partial charge in [0, 0.05) is 6.20 Å². The molecule has 0 aliphatic carbocycles. The summed E-state index contributed by atoms with van der Waals surface area (Å²) in [7, 11) is 0. The van der Waals surface area contributed by atoms with Crippen molar-refractivity contribution in [3.63, 3.8) is 0 Å². The lowest BCUT2D eigenvalue weighted by atomic mass is 10.1. The molecular weight excluding hydrogens is 392 g/mol. The fourth-order valence-electron chi connectivity index (χ4n) is 2.48. The summed E-state index contributed by atoms with van der Waals surface area (Å²) in [4.78, 5) is 27.7. The van der Waals surface area contributed by atoms with Gasteiger partial charge in [-0.2, -0.15) is 10.2 Å². The average Bonchev–Trinajstić information content (AvgIpc) is 2.71. The summed E-state index contributed by atoms with van der Waals surface area (Å²) in [5, 5.41) is 30.1. The third-order valence-corrected chi connectivity index (χ3v) is 4.14. The van der Waals surface area contributed by atoms with E-state index >= 15 is 0 Å². The molecule has 0 radical (unpaired) electrons. The molecule has 0 spiro atoms. The second kappa shape index (κ2) is 14.3. The monoisotopic (exact) mass is 422 g/mol. The molecule has 3 N–H and O–H groups in total. The highest BCUT2D eigenvalue weighted by Crippen LogP contribution is 2.13. The summed E-state index contributed by atoms with van der Waals surface area (Å²) in [6.07, 6.45) is 5.20. The smallest absolute Gasteiger partial charge is 0.412 e. The largest absolute Gasteiger partial charge is 0.449 e. The molecular formula is C20H30N4O6. The van der Waals surface area contributed by atoms with E-state index in [0.717, 1.165) is 23.8 Å². The van der Waals surface area contributed by atoms with Crippen molar-refractivity contribution in [3.05, 3.63) is 34.9 Å². The van der Waals surface area contributed by atoms with Crippen LogP contribution in [0.5, 0.6) is 0 Å². The fraction of sp³-hybridized carbons (Fsp3) is 0.600. The third-order valence-electron chi connectivity index (χ3n) is 4.14. The molecule has 1 rings (SSSR count). The van der Waals surface area contributed by atoms with Crippen LogP contribution in [0.3, 0.4) is 0 Å². The Morgan fingerprint density at radius 2 is 2.17 bits per heavy atom. The highest BCUT2D eigenvalue weighted by Gasteiger charge is 2.22. The number of hydrogen-bond acceptors (Lipinski definition) is 8. The number of nitrogens with one attached hydrogen (secondary N) is 1. The van der Waals surface area contributed by atoms with E-state index in [1.54, 1.807) is 6.07 Å². The maximum absolute atomic E-state index is 12.2. The van der Waals surface area contributed by atoms with Crippen molar-refractivity contribution in [3.8, 4) is 6.07 Å². The van der Waals surface area contributed by atoms with Crippen molar-refractivity contribution < 1.29 is 24.5 Å². The molecule has 0 bridgehead atoms. The van der Waals surface area contributed by atoms with Crippen molar-refractivity contribution in [2.24, 2.45) is 0 Å². The lowest BCUT2D eigenvalue weighted by molar-refractivity contribution is -0.116. The van der Waals surface area contributed by atoms with E-state index in [4.69, 9.17) is 14.7 Å². The molecule has 10 heteroatoms. The molecule has 1 unspecified atom stereocenters. The Morgan fingerprint density at radius 1 is 1.43 bits per heavy atom. The number of ether oxygens (including phenoxy) is 2. The first kappa shape index (κ1) is 25.3.